The van der Waals surface area contributed by atoms with Gasteiger partial charge in [-0.2, -0.15) is 0 Å². The van der Waals surface area contributed by atoms with E-state index >= 15 is 0 Å². The molecule has 0 aliphatic carbocycles. The summed E-state index contributed by atoms with van der Waals surface area (Å²) in [5, 5.41) is 3.45. The highest BCUT2D eigenvalue weighted by atomic mass is 16.5. The highest BCUT2D eigenvalue weighted by Gasteiger charge is 2.07. The molecule has 0 aromatic heterocycles. The lowest BCUT2D eigenvalue weighted by atomic mass is 10.1. The van der Waals surface area contributed by atoms with Gasteiger partial charge in [-0.25, -0.2) is 0 Å². The van der Waals surface area contributed by atoms with Crippen LogP contribution in [0, 0.1) is 19.8 Å². The van der Waals surface area contributed by atoms with Crippen molar-refractivity contribution in [1.29, 1.82) is 0 Å². The Morgan fingerprint density at radius 1 is 1.06 bits per heavy atom. The normalized spacial score (nSPS) is 11.3. The topological polar surface area (TPSA) is 21.3 Å². The highest BCUT2D eigenvalue weighted by molar-refractivity contribution is 5.43. The van der Waals surface area contributed by atoms with Gasteiger partial charge in [-0.3, -0.25) is 0 Å². The van der Waals surface area contributed by atoms with E-state index in [9.17, 15) is 0 Å². The van der Waals surface area contributed by atoms with Crippen LogP contribution in [0.4, 0.5) is 0 Å². The van der Waals surface area contributed by atoms with Crippen LogP contribution < -0.4 is 10.1 Å². The van der Waals surface area contributed by atoms with Gasteiger partial charge in [0.25, 0.3) is 0 Å². The summed E-state index contributed by atoms with van der Waals surface area (Å²) in [6.07, 6.45) is 0. The molecule has 0 fully saturated rings. The molecule has 0 saturated heterocycles. The molecule has 2 heteroatoms. The Morgan fingerprint density at radius 3 is 2.06 bits per heavy atom. The van der Waals surface area contributed by atoms with E-state index < -0.39 is 0 Å². The minimum absolute atomic E-state index is 0.516. The summed E-state index contributed by atoms with van der Waals surface area (Å²) in [5.41, 5.74) is 3.79. The maximum atomic E-state index is 5.89. The van der Waals surface area contributed by atoms with Crippen molar-refractivity contribution in [1.82, 2.24) is 5.32 Å². The third-order valence-corrected chi connectivity index (χ3v) is 2.80. The van der Waals surface area contributed by atoms with Crippen LogP contribution in [0.3, 0.4) is 0 Å². The second-order valence-corrected chi connectivity index (χ2v) is 5.80. The van der Waals surface area contributed by atoms with Crippen molar-refractivity contribution >= 4 is 0 Å². The molecule has 0 spiro atoms. The van der Waals surface area contributed by atoms with Crippen molar-refractivity contribution < 1.29 is 4.74 Å². The summed E-state index contributed by atoms with van der Waals surface area (Å²) >= 11 is 0. The van der Waals surface area contributed by atoms with Crippen LogP contribution >= 0.6 is 0 Å². The molecule has 1 aromatic carbocycles. The molecular formula is C16H27NO. The SMILES string of the molecule is Cc1cc(CNC(C)C)cc(C)c1OCC(C)C. The largest absolute Gasteiger partial charge is 0.493 e. The first-order valence-corrected chi connectivity index (χ1v) is 6.86. The lowest BCUT2D eigenvalue weighted by molar-refractivity contribution is 0.267. The number of rotatable bonds is 6. The molecule has 0 aliphatic heterocycles. The molecule has 1 N–H and O–H groups in total. The quantitative estimate of drug-likeness (QED) is 0.827. The maximum Gasteiger partial charge on any atom is 0.125 e. The van der Waals surface area contributed by atoms with Crippen molar-refractivity contribution in [3.63, 3.8) is 0 Å². The molecule has 0 unspecified atom stereocenters. The fourth-order valence-electron chi connectivity index (χ4n) is 1.94. The van der Waals surface area contributed by atoms with Gasteiger partial charge in [-0.1, -0.05) is 39.8 Å². The minimum Gasteiger partial charge on any atom is -0.493 e. The molecule has 0 radical (unpaired) electrons. The maximum absolute atomic E-state index is 5.89. The molecule has 1 rings (SSSR count). The van der Waals surface area contributed by atoms with Crippen molar-refractivity contribution in [3.8, 4) is 5.75 Å². The molecule has 0 bridgehead atoms. The standard InChI is InChI=1S/C16H27NO/c1-11(2)10-18-16-13(5)7-15(8-14(16)6)9-17-12(3)4/h7-8,11-12,17H,9-10H2,1-6H3. The third kappa shape index (κ3) is 4.69. The molecule has 102 valence electrons. The van der Waals surface area contributed by atoms with Gasteiger partial charge in [-0.15, -0.1) is 0 Å². The van der Waals surface area contributed by atoms with Crippen LogP contribution in [0.1, 0.15) is 44.4 Å². The van der Waals surface area contributed by atoms with E-state index in [1.54, 1.807) is 0 Å². The van der Waals surface area contributed by atoms with Gasteiger partial charge in [0.15, 0.2) is 0 Å². The Hall–Kier alpha value is -1.02. The smallest absolute Gasteiger partial charge is 0.125 e. The van der Waals surface area contributed by atoms with Gasteiger partial charge in [-0.05, 0) is 36.5 Å². The Kier molecular flexibility index (Phi) is 5.67. The lowest BCUT2D eigenvalue weighted by Crippen LogP contribution is -2.22. The van der Waals surface area contributed by atoms with Crippen LogP contribution in [-0.2, 0) is 6.54 Å². The van der Waals surface area contributed by atoms with Gasteiger partial charge in [0, 0.05) is 12.6 Å². The van der Waals surface area contributed by atoms with Crippen molar-refractivity contribution in [2.75, 3.05) is 6.61 Å². The first kappa shape index (κ1) is 15.0. The number of nitrogens with one attached hydrogen (secondary N) is 1. The number of ether oxygens (including phenoxy) is 1. The van der Waals surface area contributed by atoms with E-state index in [-0.39, 0.29) is 0 Å². The Balaban J connectivity index is 2.77. The first-order chi connectivity index (χ1) is 8.40. The molecule has 0 aliphatic rings. The number of aryl methyl sites for hydroxylation is 2. The predicted octanol–water partition coefficient (Wildman–Crippen LogP) is 3.84. The van der Waals surface area contributed by atoms with Gasteiger partial charge in [0.05, 0.1) is 6.61 Å². The van der Waals surface area contributed by atoms with E-state index in [1.807, 2.05) is 0 Å². The summed E-state index contributed by atoms with van der Waals surface area (Å²) in [6.45, 7) is 14.6. The Labute approximate surface area is 112 Å². The van der Waals surface area contributed by atoms with Crippen molar-refractivity contribution in [3.05, 3.63) is 28.8 Å². The van der Waals surface area contributed by atoms with Gasteiger partial charge >= 0.3 is 0 Å². The lowest BCUT2D eigenvalue weighted by Gasteiger charge is -2.16. The van der Waals surface area contributed by atoms with Crippen LogP contribution in [0.5, 0.6) is 5.75 Å². The fraction of sp³-hybridized carbons (Fsp3) is 0.625. The molecular weight excluding hydrogens is 222 g/mol. The van der Waals surface area contributed by atoms with Gasteiger partial charge in [0.1, 0.15) is 5.75 Å². The Morgan fingerprint density at radius 2 is 1.61 bits per heavy atom. The second kappa shape index (κ2) is 6.79. The Bertz CT molecular complexity index is 360. The van der Waals surface area contributed by atoms with Gasteiger partial charge in [0.2, 0.25) is 0 Å². The summed E-state index contributed by atoms with van der Waals surface area (Å²) in [7, 11) is 0. The highest BCUT2D eigenvalue weighted by Crippen LogP contribution is 2.25. The van der Waals surface area contributed by atoms with Crippen LogP contribution in [0.15, 0.2) is 12.1 Å². The fourth-order valence-corrected chi connectivity index (χ4v) is 1.94. The summed E-state index contributed by atoms with van der Waals surface area (Å²) < 4.78 is 5.89. The molecule has 0 amide bonds. The van der Waals surface area contributed by atoms with E-state index in [0.29, 0.717) is 12.0 Å². The van der Waals surface area contributed by atoms with Gasteiger partial charge < -0.3 is 10.1 Å². The zero-order chi connectivity index (χ0) is 13.7. The summed E-state index contributed by atoms with van der Waals surface area (Å²) in [5.74, 6) is 1.61. The number of benzene rings is 1. The molecule has 0 saturated carbocycles. The number of hydrogen-bond donors (Lipinski definition) is 1. The monoisotopic (exact) mass is 249 g/mol. The van der Waals surface area contributed by atoms with E-state index in [2.05, 4.69) is 59.0 Å². The van der Waals surface area contributed by atoms with E-state index in [1.165, 1.54) is 16.7 Å². The predicted molar refractivity (Wildman–Crippen MR) is 78.2 cm³/mol. The molecule has 2 nitrogen and oxygen atoms in total. The zero-order valence-electron chi connectivity index (χ0n) is 12.6. The van der Waals surface area contributed by atoms with E-state index in [4.69, 9.17) is 4.74 Å². The average Bonchev–Trinajstić information content (AvgIpc) is 2.24. The van der Waals surface area contributed by atoms with E-state index in [0.717, 1.165) is 18.9 Å². The second-order valence-electron chi connectivity index (χ2n) is 5.80. The van der Waals surface area contributed by atoms with Crippen LogP contribution in [0.25, 0.3) is 0 Å². The van der Waals surface area contributed by atoms with Crippen molar-refractivity contribution in [2.45, 2.75) is 54.1 Å². The molecule has 0 atom stereocenters. The number of hydrogen-bond acceptors (Lipinski definition) is 2. The molecule has 1 aromatic rings. The van der Waals surface area contributed by atoms with Crippen LogP contribution in [-0.4, -0.2) is 12.6 Å². The summed E-state index contributed by atoms with van der Waals surface area (Å²) in [6, 6.07) is 4.96. The zero-order valence-corrected chi connectivity index (χ0v) is 12.6. The van der Waals surface area contributed by atoms with Crippen LogP contribution in [0.2, 0.25) is 0 Å². The molecule has 18 heavy (non-hydrogen) atoms. The first-order valence-electron chi connectivity index (χ1n) is 6.86. The summed E-state index contributed by atoms with van der Waals surface area (Å²) in [4.78, 5) is 0. The van der Waals surface area contributed by atoms with Crippen molar-refractivity contribution in [2.24, 2.45) is 5.92 Å². The third-order valence-electron chi connectivity index (χ3n) is 2.80. The average molecular weight is 249 g/mol. The minimum atomic E-state index is 0.516. The molecule has 0 heterocycles.